The molecular formula is C9H15ClN2OS. The average molecular weight is 235 g/mol. The van der Waals surface area contributed by atoms with Crippen LogP contribution in [0.3, 0.4) is 0 Å². The highest BCUT2D eigenvalue weighted by atomic mass is 35.5. The van der Waals surface area contributed by atoms with Crippen LogP contribution in [-0.4, -0.2) is 30.6 Å². The Bertz CT molecular complexity index is 267. The van der Waals surface area contributed by atoms with E-state index in [1.165, 1.54) is 0 Å². The van der Waals surface area contributed by atoms with Gasteiger partial charge in [0.2, 0.25) is 0 Å². The quantitative estimate of drug-likeness (QED) is 0.768. The summed E-state index contributed by atoms with van der Waals surface area (Å²) in [7, 11) is 1.65. The van der Waals surface area contributed by atoms with Gasteiger partial charge in [-0.05, 0) is 6.42 Å². The van der Waals surface area contributed by atoms with E-state index in [0.717, 1.165) is 17.2 Å². The fraction of sp³-hybridized carbons (Fsp3) is 0.667. The molecule has 1 rings (SSSR count). The number of thiazole rings is 1. The molecule has 1 aromatic heterocycles. The van der Waals surface area contributed by atoms with Crippen molar-refractivity contribution in [3.05, 3.63) is 11.1 Å². The van der Waals surface area contributed by atoms with Crippen LogP contribution in [-0.2, 0) is 11.2 Å². The van der Waals surface area contributed by atoms with E-state index in [4.69, 9.17) is 16.3 Å². The molecule has 0 bridgehead atoms. The van der Waals surface area contributed by atoms with E-state index in [1.54, 1.807) is 18.4 Å². The molecule has 0 aliphatic rings. The molecule has 1 N–H and O–H groups in total. The minimum absolute atomic E-state index is 0.00558. The first-order chi connectivity index (χ1) is 6.76. The molecule has 14 heavy (non-hydrogen) atoms. The van der Waals surface area contributed by atoms with Crippen LogP contribution in [0.4, 0.5) is 5.13 Å². The van der Waals surface area contributed by atoms with Gasteiger partial charge in [0.1, 0.15) is 0 Å². The molecule has 0 aliphatic heterocycles. The molecule has 5 heteroatoms. The lowest BCUT2D eigenvalue weighted by molar-refractivity contribution is 0.200. The molecule has 3 nitrogen and oxygen atoms in total. The van der Waals surface area contributed by atoms with Crippen LogP contribution in [0.2, 0.25) is 0 Å². The molecule has 1 atom stereocenters. The summed E-state index contributed by atoms with van der Waals surface area (Å²) in [5, 5.41) is 6.17. The van der Waals surface area contributed by atoms with Crippen molar-refractivity contribution < 1.29 is 4.74 Å². The molecule has 0 aromatic carbocycles. The molecule has 0 spiro atoms. The highest BCUT2D eigenvalue weighted by Crippen LogP contribution is 2.15. The Morgan fingerprint density at radius 2 is 2.50 bits per heavy atom. The number of ether oxygens (including phenoxy) is 1. The summed E-state index contributed by atoms with van der Waals surface area (Å²) in [5.74, 6) is 0. The second kappa shape index (κ2) is 6.22. The van der Waals surface area contributed by atoms with Crippen LogP contribution in [0.5, 0.6) is 0 Å². The molecule has 0 aliphatic carbocycles. The molecule has 1 aromatic rings. The van der Waals surface area contributed by atoms with Crippen molar-refractivity contribution in [2.75, 3.05) is 25.6 Å². The van der Waals surface area contributed by atoms with E-state index in [9.17, 15) is 0 Å². The van der Waals surface area contributed by atoms with Crippen LogP contribution in [0.25, 0.3) is 0 Å². The van der Waals surface area contributed by atoms with Crippen molar-refractivity contribution in [1.82, 2.24) is 4.98 Å². The maximum atomic E-state index is 5.96. The van der Waals surface area contributed by atoms with Crippen LogP contribution >= 0.6 is 22.9 Å². The van der Waals surface area contributed by atoms with Crippen molar-refractivity contribution in [3.63, 3.8) is 0 Å². The summed E-state index contributed by atoms with van der Waals surface area (Å²) in [6, 6.07) is 0. The van der Waals surface area contributed by atoms with Crippen LogP contribution in [0.1, 0.15) is 12.6 Å². The SMILES string of the molecule is CCc1csc(NCC(Cl)COC)n1. The highest BCUT2D eigenvalue weighted by molar-refractivity contribution is 7.13. The Hall–Kier alpha value is -0.320. The van der Waals surface area contributed by atoms with Gasteiger partial charge >= 0.3 is 0 Å². The first-order valence-corrected chi connectivity index (χ1v) is 5.89. The third kappa shape index (κ3) is 3.82. The fourth-order valence-electron chi connectivity index (χ4n) is 0.988. The molecule has 0 saturated carbocycles. The number of rotatable bonds is 6. The Balaban J connectivity index is 2.30. The number of alkyl halides is 1. The molecule has 0 amide bonds. The predicted molar refractivity (Wildman–Crippen MR) is 61.5 cm³/mol. The van der Waals surface area contributed by atoms with Gasteiger partial charge in [0.15, 0.2) is 5.13 Å². The molecule has 0 fully saturated rings. The van der Waals surface area contributed by atoms with E-state index in [0.29, 0.717) is 13.2 Å². The summed E-state index contributed by atoms with van der Waals surface area (Å²) in [5.41, 5.74) is 1.12. The molecular weight excluding hydrogens is 220 g/mol. The topological polar surface area (TPSA) is 34.1 Å². The summed E-state index contributed by atoms with van der Waals surface area (Å²) in [6.45, 7) is 3.33. The van der Waals surface area contributed by atoms with E-state index in [-0.39, 0.29) is 5.38 Å². The van der Waals surface area contributed by atoms with Gasteiger partial charge in [-0.3, -0.25) is 0 Å². The lowest BCUT2D eigenvalue weighted by atomic mass is 10.4. The van der Waals surface area contributed by atoms with E-state index >= 15 is 0 Å². The van der Waals surface area contributed by atoms with E-state index in [2.05, 4.69) is 22.6 Å². The fourth-order valence-corrected chi connectivity index (χ4v) is 2.00. The van der Waals surface area contributed by atoms with Crippen molar-refractivity contribution in [2.24, 2.45) is 0 Å². The Kier molecular flexibility index (Phi) is 5.22. The standard InChI is InChI=1S/C9H15ClN2OS/c1-3-8-6-14-9(12-8)11-4-7(10)5-13-2/h6-7H,3-5H2,1-2H3,(H,11,12). The largest absolute Gasteiger partial charge is 0.383 e. The lowest BCUT2D eigenvalue weighted by Crippen LogP contribution is -2.18. The zero-order chi connectivity index (χ0) is 10.4. The number of nitrogens with one attached hydrogen (secondary N) is 1. The average Bonchev–Trinajstić information content (AvgIpc) is 2.63. The second-order valence-electron chi connectivity index (χ2n) is 2.93. The molecule has 1 heterocycles. The van der Waals surface area contributed by atoms with Crippen molar-refractivity contribution in [3.8, 4) is 0 Å². The first kappa shape index (κ1) is 11.8. The van der Waals surface area contributed by atoms with Gasteiger partial charge in [-0.15, -0.1) is 22.9 Å². The van der Waals surface area contributed by atoms with Crippen LogP contribution in [0.15, 0.2) is 5.38 Å². The predicted octanol–water partition coefficient (Wildman–Crippen LogP) is 2.37. The normalized spacial score (nSPS) is 12.8. The van der Waals surface area contributed by atoms with Crippen molar-refractivity contribution in [1.29, 1.82) is 0 Å². The number of aryl methyl sites for hydroxylation is 1. The monoisotopic (exact) mass is 234 g/mol. The zero-order valence-electron chi connectivity index (χ0n) is 8.42. The number of anilines is 1. The third-order valence-corrected chi connectivity index (χ3v) is 2.87. The van der Waals surface area contributed by atoms with Crippen molar-refractivity contribution in [2.45, 2.75) is 18.7 Å². The number of halogens is 1. The summed E-state index contributed by atoms with van der Waals surface area (Å²) < 4.78 is 4.93. The number of methoxy groups -OCH3 is 1. The molecule has 0 radical (unpaired) electrons. The van der Waals surface area contributed by atoms with Crippen molar-refractivity contribution >= 4 is 28.1 Å². The van der Waals surface area contributed by atoms with Gasteiger partial charge in [-0.1, -0.05) is 6.92 Å². The van der Waals surface area contributed by atoms with E-state index in [1.807, 2.05) is 0 Å². The minimum Gasteiger partial charge on any atom is -0.383 e. The lowest BCUT2D eigenvalue weighted by Gasteiger charge is -2.08. The molecule has 80 valence electrons. The number of hydrogen-bond acceptors (Lipinski definition) is 4. The van der Waals surface area contributed by atoms with E-state index < -0.39 is 0 Å². The maximum Gasteiger partial charge on any atom is 0.182 e. The smallest absolute Gasteiger partial charge is 0.182 e. The maximum absolute atomic E-state index is 5.96. The van der Waals surface area contributed by atoms with Gasteiger partial charge in [0, 0.05) is 19.0 Å². The summed E-state index contributed by atoms with van der Waals surface area (Å²) in [4.78, 5) is 4.37. The van der Waals surface area contributed by atoms with Gasteiger partial charge < -0.3 is 10.1 Å². The third-order valence-electron chi connectivity index (χ3n) is 1.74. The second-order valence-corrected chi connectivity index (χ2v) is 4.41. The molecule has 0 saturated heterocycles. The van der Waals surface area contributed by atoms with Gasteiger partial charge in [0.05, 0.1) is 17.7 Å². The zero-order valence-corrected chi connectivity index (χ0v) is 9.99. The van der Waals surface area contributed by atoms with Gasteiger partial charge in [-0.25, -0.2) is 4.98 Å². The Morgan fingerprint density at radius 1 is 1.71 bits per heavy atom. The van der Waals surface area contributed by atoms with Crippen LogP contribution < -0.4 is 5.32 Å². The minimum atomic E-state index is -0.00558. The van der Waals surface area contributed by atoms with Gasteiger partial charge in [-0.2, -0.15) is 0 Å². The summed E-state index contributed by atoms with van der Waals surface area (Å²) in [6.07, 6.45) is 0.973. The summed E-state index contributed by atoms with van der Waals surface area (Å²) >= 11 is 7.57. The number of nitrogens with zero attached hydrogens (tertiary/aromatic N) is 1. The first-order valence-electron chi connectivity index (χ1n) is 4.57. The number of hydrogen-bond donors (Lipinski definition) is 1. The highest BCUT2D eigenvalue weighted by Gasteiger charge is 2.05. The number of aromatic nitrogens is 1. The Labute approximate surface area is 93.4 Å². The van der Waals surface area contributed by atoms with Crippen LogP contribution in [0, 0.1) is 0 Å². The van der Waals surface area contributed by atoms with Gasteiger partial charge in [0.25, 0.3) is 0 Å². The molecule has 1 unspecified atom stereocenters. The Morgan fingerprint density at radius 3 is 3.07 bits per heavy atom.